The zero-order valence-electron chi connectivity index (χ0n) is 13.8. The van der Waals surface area contributed by atoms with Gasteiger partial charge in [0.1, 0.15) is 0 Å². The molecule has 0 aromatic heterocycles. The average Bonchev–Trinajstić information content (AvgIpc) is 2.47. The van der Waals surface area contributed by atoms with E-state index in [2.05, 4.69) is 43.4 Å². The second-order valence-corrected chi connectivity index (χ2v) is 5.52. The van der Waals surface area contributed by atoms with Crippen molar-refractivity contribution in [3.8, 4) is 0 Å². The Hall–Kier alpha value is -1.31. The van der Waals surface area contributed by atoms with Gasteiger partial charge in [-0.25, -0.2) is 0 Å². The van der Waals surface area contributed by atoms with Gasteiger partial charge in [0.05, 0.1) is 5.92 Å². The molecule has 1 N–H and O–H groups in total. The van der Waals surface area contributed by atoms with Crippen LogP contribution in [0.3, 0.4) is 0 Å². The summed E-state index contributed by atoms with van der Waals surface area (Å²) in [6.07, 6.45) is 23.0. The maximum Gasteiger partial charge on any atom is 0.306 e. The van der Waals surface area contributed by atoms with Gasteiger partial charge in [-0.3, -0.25) is 4.79 Å². The summed E-state index contributed by atoms with van der Waals surface area (Å²) in [7, 11) is 0. The van der Waals surface area contributed by atoms with Crippen molar-refractivity contribution in [3.05, 3.63) is 36.5 Å². The van der Waals surface area contributed by atoms with Crippen LogP contribution in [0.1, 0.15) is 71.6 Å². The van der Waals surface area contributed by atoms with E-state index in [1.165, 1.54) is 12.8 Å². The number of hydrogen-bond acceptors (Lipinski definition) is 1. The lowest BCUT2D eigenvalue weighted by molar-refractivity contribution is -0.141. The topological polar surface area (TPSA) is 37.3 Å². The first-order valence-corrected chi connectivity index (χ1v) is 8.36. The molecular formula is C19H32O2. The molecule has 0 spiro atoms. The third kappa shape index (κ3) is 14.9. The molecule has 0 aromatic carbocycles. The Balaban J connectivity index is 3.33. The molecule has 2 nitrogen and oxygen atoms in total. The van der Waals surface area contributed by atoms with E-state index < -0.39 is 5.97 Å². The Morgan fingerprint density at radius 2 is 1.48 bits per heavy atom. The standard InChI is InChI=1S/C19H32O2/c1-3-4-5-6-7-8-9-10-11-12-13-14-15-16-17-18(2)19(20)21/h4-5,7-8,10-11,18H,3,6,9,12-17H2,1-2H3,(H,20,21)/b5-4-,8-7-,11-10-. The van der Waals surface area contributed by atoms with Gasteiger partial charge in [0.2, 0.25) is 0 Å². The molecule has 0 amide bonds. The lowest BCUT2D eigenvalue weighted by Gasteiger charge is -2.04. The third-order valence-corrected chi connectivity index (χ3v) is 3.46. The lowest BCUT2D eigenvalue weighted by Crippen LogP contribution is -2.08. The summed E-state index contributed by atoms with van der Waals surface area (Å²) in [6, 6.07) is 0. The largest absolute Gasteiger partial charge is 0.481 e. The monoisotopic (exact) mass is 292 g/mol. The molecule has 0 saturated carbocycles. The Kier molecular flexibility index (Phi) is 14.1. The van der Waals surface area contributed by atoms with Gasteiger partial charge in [-0.2, -0.15) is 0 Å². The van der Waals surface area contributed by atoms with E-state index in [1.807, 2.05) is 0 Å². The molecule has 0 aliphatic heterocycles. The van der Waals surface area contributed by atoms with E-state index in [4.69, 9.17) is 5.11 Å². The van der Waals surface area contributed by atoms with E-state index in [1.54, 1.807) is 6.92 Å². The smallest absolute Gasteiger partial charge is 0.306 e. The summed E-state index contributed by atoms with van der Waals surface area (Å²) < 4.78 is 0. The predicted octanol–water partition coefficient (Wildman–Crippen LogP) is 5.91. The van der Waals surface area contributed by atoms with Crippen molar-refractivity contribution < 1.29 is 9.90 Å². The van der Waals surface area contributed by atoms with E-state index in [9.17, 15) is 4.79 Å². The van der Waals surface area contributed by atoms with E-state index in [0.717, 1.165) is 44.9 Å². The van der Waals surface area contributed by atoms with Crippen LogP contribution in [-0.4, -0.2) is 11.1 Å². The summed E-state index contributed by atoms with van der Waals surface area (Å²) >= 11 is 0. The van der Waals surface area contributed by atoms with Crippen molar-refractivity contribution in [2.75, 3.05) is 0 Å². The summed E-state index contributed by atoms with van der Waals surface area (Å²) in [5.41, 5.74) is 0. The quantitative estimate of drug-likeness (QED) is 0.338. The van der Waals surface area contributed by atoms with Crippen LogP contribution in [0.5, 0.6) is 0 Å². The van der Waals surface area contributed by atoms with Gasteiger partial charge in [0.15, 0.2) is 0 Å². The van der Waals surface area contributed by atoms with Crippen LogP contribution >= 0.6 is 0 Å². The van der Waals surface area contributed by atoms with Crippen molar-refractivity contribution in [3.63, 3.8) is 0 Å². The van der Waals surface area contributed by atoms with Crippen LogP contribution in [0, 0.1) is 5.92 Å². The number of carbonyl (C=O) groups is 1. The lowest BCUT2D eigenvalue weighted by atomic mass is 10.0. The molecule has 0 rings (SSSR count). The first kappa shape index (κ1) is 19.7. The number of rotatable bonds is 13. The van der Waals surface area contributed by atoms with Gasteiger partial charge in [0, 0.05) is 0 Å². The number of aliphatic carboxylic acids is 1. The molecule has 0 fully saturated rings. The fourth-order valence-electron chi connectivity index (χ4n) is 2.02. The molecule has 0 aromatic rings. The fourth-order valence-corrected chi connectivity index (χ4v) is 2.02. The highest BCUT2D eigenvalue weighted by molar-refractivity contribution is 5.69. The zero-order valence-corrected chi connectivity index (χ0v) is 13.8. The molecule has 0 bridgehead atoms. The SMILES string of the molecule is CC/C=C\C/C=C\C/C=C\CCCCCCC(C)C(=O)O. The van der Waals surface area contributed by atoms with Gasteiger partial charge in [0.25, 0.3) is 0 Å². The predicted molar refractivity (Wildman–Crippen MR) is 91.4 cm³/mol. The maximum absolute atomic E-state index is 10.6. The summed E-state index contributed by atoms with van der Waals surface area (Å²) in [5, 5.41) is 8.77. The van der Waals surface area contributed by atoms with Crippen molar-refractivity contribution in [1.29, 1.82) is 0 Å². The Morgan fingerprint density at radius 1 is 0.905 bits per heavy atom. The van der Waals surface area contributed by atoms with Crippen molar-refractivity contribution >= 4 is 5.97 Å². The average molecular weight is 292 g/mol. The van der Waals surface area contributed by atoms with Gasteiger partial charge in [-0.1, -0.05) is 69.6 Å². The molecule has 0 saturated heterocycles. The summed E-state index contributed by atoms with van der Waals surface area (Å²) in [5.74, 6) is -0.861. The fraction of sp³-hybridized carbons (Fsp3) is 0.632. The minimum atomic E-state index is -0.670. The van der Waals surface area contributed by atoms with Gasteiger partial charge in [-0.05, 0) is 38.5 Å². The van der Waals surface area contributed by atoms with Crippen LogP contribution < -0.4 is 0 Å². The molecule has 120 valence electrons. The first-order valence-electron chi connectivity index (χ1n) is 8.36. The number of unbranched alkanes of at least 4 members (excludes halogenated alkanes) is 4. The maximum atomic E-state index is 10.6. The van der Waals surface area contributed by atoms with Crippen LogP contribution in [0.2, 0.25) is 0 Å². The van der Waals surface area contributed by atoms with Crippen LogP contribution in [-0.2, 0) is 4.79 Å². The Labute approximate surface area is 130 Å². The Morgan fingerprint density at radius 3 is 2.10 bits per heavy atom. The van der Waals surface area contributed by atoms with Gasteiger partial charge < -0.3 is 5.11 Å². The highest BCUT2D eigenvalue weighted by Crippen LogP contribution is 2.11. The summed E-state index contributed by atoms with van der Waals surface area (Å²) in [4.78, 5) is 10.6. The number of allylic oxidation sites excluding steroid dienone is 6. The molecule has 2 heteroatoms. The van der Waals surface area contributed by atoms with E-state index in [0.29, 0.717) is 0 Å². The highest BCUT2D eigenvalue weighted by atomic mass is 16.4. The van der Waals surface area contributed by atoms with Crippen molar-refractivity contribution in [2.45, 2.75) is 71.6 Å². The summed E-state index contributed by atoms with van der Waals surface area (Å²) in [6.45, 7) is 3.94. The van der Waals surface area contributed by atoms with E-state index in [-0.39, 0.29) is 5.92 Å². The molecule has 0 aliphatic carbocycles. The van der Waals surface area contributed by atoms with Crippen molar-refractivity contribution in [2.24, 2.45) is 5.92 Å². The molecule has 21 heavy (non-hydrogen) atoms. The molecule has 1 unspecified atom stereocenters. The molecule has 0 radical (unpaired) electrons. The Bertz CT molecular complexity index is 326. The third-order valence-electron chi connectivity index (χ3n) is 3.46. The van der Waals surface area contributed by atoms with Crippen molar-refractivity contribution in [1.82, 2.24) is 0 Å². The minimum Gasteiger partial charge on any atom is -0.481 e. The van der Waals surface area contributed by atoms with Crippen LogP contribution in [0.25, 0.3) is 0 Å². The van der Waals surface area contributed by atoms with Gasteiger partial charge >= 0.3 is 5.97 Å². The second-order valence-electron chi connectivity index (χ2n) is 5.52. The second kappa shape index (κ2) is 15.1. The van der Waals surface area contributed by atoms with Gasteiger partial charge in [-0.15, -0.1) is 0 Å². The minimum absolute atomic E-state index is 0.191. The molecule has 1 atom stereocenters. The molecule has 0 heterocycles. The number of hydrogen-bond donors (Lipinski definition) is 1. The number of carboxylic acid groups (broad SMARTS) is 1. The first-order chi connectivity index (χ1) is 10.2. The van der Waals surface area contributed by atoms with Crippen LogP contribution in [0.15, 0.2) is 36.5 Å². The molecular weight excluding hydrogens is 260 g/mol. The normalized spacial score (nSPS) is 13.6. The highest BCUT2D eigenvalue weighted by Gasteiger charge is 2.09. The zero-order chi connectivity index (χ0) is 15.8. The number of carboxylic acids is 1. The van der Waals surface area contributed by atoms with E-state index >= 15 is 0 Å². The van der Waals surface area contributed by atoms with Crippen LogP contribution in [0.4, 0.5) is 0 Å². The molecule has 0 aliphatic rings.